The predicted octanol–water partition coefficient (Wildman–Crippen LogP) is -5.83. The molecular formula is C41H67N11O13. The van der Waals surface area contributed by atoms with E-state index in [1.165, 1.54) is 23.6 Å². The molecule has 4 saturated heterocycles. The first-order chi connectivity index (χ1) is 30.8. The summed E-state index contributed by atoms with van der Waals surface area (Å²) in [4.78, 5) is 136. The highest BCUT2D eigenvalue weighted by Crippen LogP contribution is 2.23. The molecule has 12 N–H and O–H groups in total. The molecule has 0 aromatic heterocycles. The summed E-state index contributed by atoms with van der Waals surface area (Å²) in [6.45, 7) is 5.23. The van der Waals surface area contributed by atoms with Gasteiger partial charge in [-0.2, -0.15) is 0 Å². The highest BCUT2D eigenvalue weighted by atomic mass is 16.3. The van der Waals surface area contributed by atoms with E-state index in [4.69, 9.17) is 5.73 Å². The van der Waals surface area contributed by atoms with Gasteiger partial charge in [-0.25, -0.2) is 0 Å². The van der Waals surface area contributed by atoms with Crippen molar-refractivity contribution in [2.45, 2.75) is 146 Å². The molecule has 10 atom stereocenters. The van der Waals surface area contributed by atoms with Gasteiger partial charge in [-0.15, -0.1) is 0 Å². The number of nitrogens with two attached hydrogens (primary N) is 1. The van der Waals surface area contributed by atoms with Crippen molar-refractivity contribution in [1.29, 1.82) is 0 Å². The summed E-state index contributed by atoms with van der Waals surface area (Å²) in [7, 11) is 0. The number of hydrogen-bond donors (Lipinski definition) is 11. The zero-order valence-corrected chi connectivity index (χ0v) is 37.5. The molecule has 0 aromatic rings. The van der Waals surface area contributed by atoms with Crippen molar-refractivity contribution in [2.24, 2.45) is 11.7 Å². The molecule has 0 saturated carbocycles. The summed E-state index contributed by atoms with van der Waals surface area (Å²) in [5, 5.41) is 47.3. The third-order valence-corrected chi connectivity index (χ3v) is 12.2. The van der Waals surface area contributed by atoms with E-state index >= 15 is 0 Å². The zero-order chi connectivity index (χ0) is 48.1. The van der Waals surface area contributed by atoms with Crippen molar-refractivity contribution >= 4 is 59.1 Å². The van der Waals surface area contributed by atoms with E-state index in [1.54, 1.807) is 4.90 Å². The Morgan fingerprint density at radius 1 is 0.538 bits per heavy atom. The van der Waals surface area contributed by atoms with Crippen LogP contribution in [0.5, 0.6) is 0 Å². The predicted molar refractivity (Wildman–Crippen MR) is 228 cm³/mol. The number of aliphatic hydroxyl groups is 3. The third kappa shape index (κ3) is 13.5. The second kappa shape index (κ2) is 24.2. The fourth-order valence-electron chi connectivity index (χ4n) is 8.60. The Balaban J connectivity index is 1.32. The number of rotatable bonds is 21. The maximum atomic E-state index is 14.0. The van der Waals surface area contributed by atoms with Gasteiger partial charge >= 0.3 is 0 Å². The van der Waals surface area contributed by atoms with Crippen molar-refractivity contribution in [3.8, 4) is 0 Å². The first kappa shape index (κ1) is 52.2. The number of amides is 10. The highest BCUT2D eigenvalue weighted by molar-refractivity contribution is 5.99. The number of hydrogen-bond acceptors (Lipinski definition) is 14. The molecule has 4 rings (SSSR count). The van der Waals surface area contributed by atoms with Crippen LogP contribution in [0.1, 0.15) is 85.5 Å². The van der Waals surface area contributed by atoms with Crippen LogP contribution in [0, 0.1) is 5.92 Å². The molecule has 364 valence electrons. The number of carbonyl (C=O) groups is 10. The van der Waals surface area contributed by atoms with Crippen LogP contribution < -0.4 is 43.0 Å². The molecule has 4 heterocycles. The van der Waals surface area contributed by atoms with Crippen molar-refractivity contribution in [1.82, 2.24) is 51.9 Å². The van der Waals surface area contributed by atoms with E-state index in [0.717, 1.165) is 13.0 Å². The molecule has 4 aliphatic heterocycles. The van der Waals surface area contributed by atoms with Crippen molar-refractivity contribution < 1.29 is 63.3 Å². The van der Waals surface area contributed by atoms with Crippen LogP contribution in [0.3, 0.4) is 0 Å². The number of nitrogens with zero attached hydrogens (tertiary/aromatic N) is 3. The van der Waals surface area contributed by atoms with Gasteiger partial charge in [0.15, 0.2) is 0 Å². The van der Waals surface area contributed by atoms with Gasteiger partial charge in [-0.3, -0.25) is 47.9 Å². The lowest BCUT2D eigenvalue weighted by Gasteiger charge is -2.31. The normalized spacial score (nSPS) is 23.4. The molecule has 4 aliphatic rings. The Morgan fingerprint density at radius 3 is 1.51 bits per heavy atom. The molecule has 10 amide bonds. The van der Waals surface area contributed by atoms with E-state index in [0.29, 0.717) is 38.6 Å². The monoisotopic (exact) mass is 921 g/mol. The molecule has 0 radical (unpaired) electrons. The maximum Gasteiger partial charge on any atom is 0.245 e. The van der Waals surface area contributed by atoms with Gasteiger partial charge in [0.1, 0.15) is 54.4 Å². The molecule has 0 spiro atoms. The van der Waals surface area contributed by atoms with E-state index in [1.807, 2.05) is 13.8 Å². The molecule has 24 heteroatoms. The lowest BCUT2D eigenvalue weighted by atomic mass is 10.0. The molecule has 4 fully saturated rings. The van der Waals surface area contributed by atoms with Crippen LogP contribution in [0.4, 0.5) is 0 Å². The summed E-state index contributed by atoms with van der Waals surface area (Å²) in [6, 6.07) is -11.3. The summed E-state index contributed by atoms with van der Waals surface area (Å²) in [5.41, 5.74) is 5.18. The Kier molecular flexibility index (Phi) is 19.4. The van der Waals surface area contributed by atoms with Gasteiger partial charge in [0, 0.05) is 19.6 Å². The van der Waals surface area contributed by atoms with Gasteiger partial charge in [-0.05, 0) is 84.1 Å². The Hall–Kier alpha value is -5.46. The largest absolute Gasteiger partial charge is 0.394 e. The quantitative estimate of drug-likeness (QED) is 0.0511. The van der Waals surface area contributed by atoms with E-state index in [9.17, 15) is 63.3 Å². The average Bonchev–Trinajstić information content (AvgIpc) is 4.12. The standard InChI is InChI=1S/C41H67N11O13/c1-21(2)17-25(46-33(57)22(3)44-36(60)29-10-7-15-51(29)40(64)24-9-5-13-43-24)41(65)52-16-8-12-31(52)38(62)49-28(20-55)35(59)48-27(19-54)34(58)45-23(4)39(63)50-14-6-11-30(50)37(61)47-26(18-53)32(42)56/h21-31,43,53-55H,5-20H2,1-4H3,(H2,42,56)(H,44,60)(H,45,58)(H,46,57)(H,47,61)(H,48,59)(H,49,62)/t22-,23-,24-,25-,26-,27-,28-,29-,30-,31-/m0/s1. The van der Waals surface area contributed by atoms with Crippen LogP contribution in [0.15, 0.2) is 0 Å². The molecule has 0 aliphatic carbocycles. The van der Waals surface area contributed by atoms with Crippen LogP contribution in [-0.4, -0.2) is 196 Å². The van der Waals surface area contributed by atoms with Crippen LogP contribution in [-0.2, 0) is 47.9 Å². The van der Waals surface area contributed by atoms with Crippen LogP contribution in [0.2, 0.25) is 0 Å². The second-order valence-electron chi connectivity index (χ2n) is 17.5. The van der Waals surface area contributed by atoms with Gasteiger partial charge < -0.3 is 73.0 Å². The summed E-state index contributed by atoms with van der Waals surface area (Å²) >= 11 is 0. The maximum absolute atomic E-state index is 14.0. The van der Waals surface area contributed by atoms with Gasteiger partial charge in [-0.1, -0.05) is 13.8 Å². The number of likely N-dealkylation sites (tertiary alicyclic amines) is 3. The fraction of sp³-hybridized carbons (Fsp3) is 0.756. The smallest absolute Gasteiger partial charge is 0.245 e. The number of nitrogens with one attached hydrogen (secondary N) is 7. The molecule has 0 bridgehead atoms. The first-order valence-electron chi connectivity index (χ1n) is 22.4. The summed E-state index contributed by atoms with van der Waals surface area (Å²) in [5.74, 6) is -7.23. The minimum Gasteiger partial charge on any atom is -0.394 e. The Bertz CT molecular complexity index is 1780. The van der Waals surface area contributed by atoms with E-state index in [-0.39, 0.29) is 50.2 Å². The average molecular weight is 922 g/mol. The van der Waals surface area contributed by atoms with Gasteiger partial charge in [0.05, 0.1) is 25.9 Å². The number of carbonyl (C=O) groups excluding carboxylic acids is 10. The lowest BCUT2D eigenvalue weighted by molar-refractivity contribution is -0.143. The van der Waals surface area contributed by atoms with Crippen molar-refractivity contribution in [3.63, 3.8) is 0 Å². The number of aliphatic hydroxyl groups excluding tert-OH is 3. The second-order valence-corrected chi connectivity index (χ2v) is 17.5. The molecule has 0 unspecified atom stereocenters. The molecular weight excluding hydrogens is 855 g/mol. The topological polar surface area (TPSA) is 351 Å². The minimum atomic E-state index is -1.66. The third-order valence-electron chi connectivity index (χ3n) is 12.2. The fourth-order valence-corrected chi connectivity index (χ4v) is 8.60. The minimum absolute atomic E-state index is 0.0924. The van der Waals surface area contributed by atoms with Crippen molar-refractivity contribution in [3.05, 3.63) is 0 Å². The van der Waals surface area contributed by atoms with E-state index < -0.39 is 127 Å². The van der Waals surface area contributed by atoms with Gasteiger partial charge in [0.25, 0.3) is 0 Å². The van der Waals surface area contributed by atoms with Gasteiger partial charge in [0.2, 0.25) is 59.1 Å². The summed E-state index contributed by atoms with van der Waals surface area (Å²) < 4.78 is 0. The molecule has 65 heavy (non-hydrogen) atoms. The molecule has 24 nitrogen and oxygen atoms in total. The first-order valence-corrected chi connectivity index (χ1v) is 22.4. The summed E-state index contributed by atoms with van der Waals surface area (Å²) in [6.07, 6.45) is 4.04. The lowest BCUT2D eigenvalue weighted by Crippen LogP contribution is -2.61. The number of primary amides is 1. The van der Waals surface area contributed by atoms with E-state index in [2.05, 4.69) is 37.2 Å². The molecule has 0 aromatic carbocycles. The van der Waals surface area contributed by atoms with Crippen LogP contribution >= 0.6 is 0 Å². The Morgan fingerprint density at radius 2 is 1.00 bits per heavy atom. The van der Waals surface area contributed by atoms with Crippen molar-refractivity contribution in [2.75, 3.05) is 46.0 Å². The Labute approximate surface area is 377 Å². The highest BCUT2D eigenvalue weighted by Gasteiger charge is 2.42. The zero-order valence-electron chi connectivity index (χ0n) is 37.5. The SMILES string of the molecule is CC(C)C[C@H](NC(=O)[C@H](C)NC(=O)[C@@H]1CCCN1C(=O)[C@@H]1CCCN1)C(=O)N1CCC[C@H]1C(=O)N[C@@H](CO)C(=O)N[C@@H](CO)C(=O)N[C@@H](C)C(=O)N1CCC[C@H]1C(=O)N[C@@H](CO)C(N)=O. The van der Waals surface area contributed by atoms with Crippen LogP contribution in [0.25, 0.3) is 0 Å².